The summed E-state index contributed by atoms with van der Waals surface area (Å²) in [5.74, 6) is -0.119. The Bertz CT molecular complexity index is 1120. The van der Waals surface area contributed by atoms with Crippen molar-refractivity contribution >= 4 is 21.8 Å². The molecule has 0 aliphatic carbocycles. The lowest BCUT2D eigenvalue weighted by Crippen LogP contribution is -2.48. The molecule has 2 saturated heterocycles. The molecule has 2 aliphatic heterocycles. The van der Waals surface area contributed by atoms with Crippen LogP contribution < -0.4 is 5.32 Å². The number of piperidine rings is 2. The van der Waals surface area contributed by atoms with Crippen molar-refractivity contribution in [3.8, 4) is 0 Å². The summed E-state index contributed by atoms with van der Waals surface area (Å²) in [4.78, 5) is 28.0. The van der Waals surface area contributed by atoms with E-state index in [1.807, 2.05) is 49.1 Å². The van der Waals surface area contributed by atoms with Crippen molar-refractivity contribution in [2.75, 3.05) is 26.2 Å². The summed E-state index contributed by atoms with van der Waals surface area (Å²) in [6.07, 6.45) is 2.36. The Morgan fingerprint density at radius 3 is 2.03 bits per heavy atom. The van der Waals surface area contributed by atoms with Crippen LogP contribution in [0.2, 0.25) is 0 Å². The smallest absolute Gasteiger partial charge is 0.243 e. The second kappa shape index (κ2) is 10.9. The van der Waals surface area contributed by atoms with Crippen molar-refractivity contribution in [2.45, 2.75) is 50.5 Å². The predicted octanol–water partition coefficient (Wildman–Crippen LogP) is 3.51. The topological polar surface area (TPSA) is 86.8 Å². The highest BCUT2D eigenvalue weighted by molar-refractivity contribution is 7.89. The number of aryl methyl sites for hydroxylation is 1. The fraction of sp³-hybridized carbons (Fsp3) is 0.481. The minimum absolute atomic E-state index is 0.0445. The summed E-state index contributed by atoms with van der Waals surface area (Å²) in [6.45, 7) is 5.74. The lowest BCUT2D eigenvalue weighted by Gasteiger charge is -2.37. The van der Waals surface area contributed by atoms with E-state index in [0.29, 0.717) is 56.8 Å². The van der Waals surface area contributed by atoms with Crippen LogP contribution >= 0.6 is 0 Å². The number of likely N-dealkylation sites (tertiary alicyclic amines) is 1. The highest BCUT2D eigenvalue weighted by atomic mass is 32.2. The first-order valence-corrected chi connectivity index (χ1v) is 13.9. The second-order valence-electron chi connectivity index (χ2n) is 9.73. The van der Waals surface area contributed by atoms with Gasteiger partial charge in [-0.05, 0) is 57.2 Å². The fourth-order valence-electron chi connectivity index (χ4n) is 4.98. The van der Waals surface area contributed by atoms with Crippen LogP contribution in [0.3, 0.4) is 0 Å². The molecule has 0 radical (unpaired) electrons. The molecule has 0 bridgehead atoms. The van der Waals surface area contributed by atoms with Gasteiger partial charge in [-0.2, -0.15) is 4.31 Å². The fourth-order valence-corrected chi connectivity index (χ4v) is 6.45. The summed E-state index contributed by atoms with van der Waals surface area (Å²) >= 11 is 0. The van der Waals surface area contributed by atoms with Crippen molar-refractivity contribution in [2.24, 2.45) is 11.8 Å². The Balaban J connectivity index is 1.25. The molecule has 2 fully saturated rings. The zero-order chi connectivity index (χ0) is 25.0. The third kappa shape index (κ3) is 5.93. The van der Waals surface area contributed by atoms with Gasteiger partial charge < -0.3 is 10.2 Å². The largest absolute Gasteiger partial charge is 0.349 e. The van der Waals surface area contributed by atoms with E-state index in [9.17, 15) is 18.0 Å². The first-order valence-electron chi connectivity index (χ1n) is 12.5. The molecule has 1 atom stereocenters. The van der Waals surface area contributed by atoms with Gasteiger partial charge in [-0.15, -0.1) is 0 Å². The molecular formula is C27H35N3O4S. The van der Waals surface area contributed by atoms with Gasteiger partial charge in [-0.25, -0.2) is 8.42 Å². The number of carbonyl (C=O) groups excluding carboxylic acids is 2. The molecule has 2 heterocycles. The van der Waals surface area contributed by atoms with Crippen molar-refractivity contribution in [1.29, 1.82) is 0 Å². The van der Waals surface area contributed by atoms with Gasteiger partial charge in [0, 0.05) is 38.0 Å². The van der Waals surface area contributed by atoms with Crippen molar-refractivity contribution in [3.05, 3.63) is 65.7 Å². The molecule has 0 saturated carbocycles. The lowest BCUT2D eigenvalue weighted by atomic mass is 9.92. The summed E-state index contributed by atoms with van der Waals surface area (Å²) in [5, 5.41) is 3.10. The van der Waals surface area contributed by atoms with Crippen molar-refractivity contribution in [1.82, 2.24) is 14.5 Å². The highest BCUT2D eigenvalue weighted by Gasteiger charge is 2.35. The standard InChI is InChI=1S/C27H35N3O4S/c1-20-8-10-25(11-9-20)35(33,34)30-18-14-24(15-19-30)27(32)29-16-12-23(13-17-29)26(31)28-21(2)22-6-4-3-5-7-22/h3-11,21,23-24H,12-19H2,1-2H3,(H,28,31)/t21-/m0/s1. The molecule has 2 amide bonds. The van der Waals surface area contributed by atoms with E-state index >= 15 is 0 Å². The monoisotopic (exact) mass is 497 g/mol. The van der Waals surface area contributed by atoms with Crippen LogP contribution in [-0.4, -0.2) is 55.6 Å². The molecule has 2 aromatic rings. The molecule has 0 unspecified atom stereocenters. The average Bonchev–Trinajstić information content (AvgIpc) is 2.89. The average molecular weight is 498 g/mol. The highest BCUT2D eigenvalue weighted by Crippen LogP contribution is 2.27. The zero-order valence-corrected chi connectivity index (χ0v) is 21.3. The van der Waals surface area contributed by atoms with Gasteiger partial charge in [0.2, 0.25) is 21.8 Å². The third-order valence-corrected chi connectivity index (χ3v) is 9.21. The van der Waals surface area contributed by atoms with E-state index in [2.05, 4.69) is 5.32 Å². The maximum atomic E-state index is 13.1. The van der Waals surface area contributed by atoms with E-state index < -0.39 is 10.0 Å². The number of sulfonamides is 1. The first kappa shape index (κ1) is 25.4. The summed E-state index contributed by atoms with van der Waals surface area (Å²) in [6, 6.07) is 16.7. The van der Waals surface area contributed by atoms with Crippen LogP contribution in [-0.2, 0) is 19.6 Å². The minimum atomic E-state index is -3.54. The number of carbonyl (C=O) groups is 2. The van der Waals surface area contributed by atoms with Gasteiger partial charge in [0.15, 0.2) is 0 Å². The van der Waals surface area contributed by atoms with Crippen LogP contribution in [0.15, 0.2) is 59.5 Å². The van der Waals surface area contributed by atoms with Gasteiger partial charge in [-0.3, -0.25) is 9.59 Å². The Morgan fingerprint density at radius 2 is 1.43 bits per heavy atom. The molecule has 7 nitrogen and oxygen atoms in total. The normalized spacial score (nSPS) is 19.3. The molecule has 1 N–H and O–H groups in total. The van der Waals surface area contributed by atoms with E-state index in [4.69, 9.17) is 0 Å². The van der Waals surface area contributed by atoms with Gasteiger partial charge >= 0.3 is 0 Å². The van der Waals surface area contributed by atoms with Crippen molar-refractivity contribution in [3.63, 3.8) is 0 Å². The molecule has 4 rings (SSSR count). The van der Waals surface area contributed by atoms with Crippen LogP contribution in [0.1, 0.15) is 49.8 Å². The molecule has 0 aromatic heterocycles. The molecule has 8 heteroatoms. The summed E-state index contributed by atoms with van der Waals surface area (Å²) < 4.78 is 27.4. The maximum Gasteiger partial charge on any atom is 0.243 e. The van der Waals surface area contributed by atoms with Gasteiger partial charge in [0.05, 0.1) is 10.9 Å². The van der Waals surface area contributed by atoms with Gasteiger partial charge in [0.1, 0.15) is 0 Å². The molecule has 0 spiro atoms. The summed E-state index contributed by atoms with van der Waals surface area (Å²) in [5.41, 5.74) is 2.09. The third-order valence-electron chi connectivity index (χ3n) is 7.30. The maximum absolute atomic E-state index is 13.1. The van der Waals surface area contributed by atoms with Crippen LogP contribution in [0.5, 0.6) is 0 Å². The lowest BCUT2D eigenvalue weighted by molar-refractivity contribution is -0.140. The number of nitrogens with one attached hydrogen (secondary N) is 1. The Kier molecular flexibility index (Phi) is 7.91. The number of rotatable bonds is 6. The number of hydrogen-bond acceptors (Lipinski definition) is 4. The van der Waals surface area contributed by atoms with E-state index in [-0.39, 0.29) is 29.7 Å². The van der Waals surface area contributed by atoms with Crippen LogP contribution in [0, 0.1) is 18.8 Å². The number of nitrogens with zero attached hydrogens (tertiary/aromatic N) is 2. The number of hydrogen-bond donors (Lipinski definition) is 1. The molecule has 188 valence electrons. The van der Waals surface area contributed by atoms with E-state index in [0.717, 1.165) is 11.1 Å². The zero-order valence-electron chi connectivity index (χ0n) is 20.5. The Labute approximate surface area is 208 Å². The number of benzene rings is 2. The predicted molar refractivity (Wildman–Crippen MR) is 135 cm³/mol. The van der Waals surface area contributed by atoms with Crippen LogP contribution in [0.25, 0.3) is 0 Å². The molecule has 2 aliphatic rings. The van der Waals surface area contributed by atoms with Gasteiger partial charge in [-0.1, -0.05) is 48.0 Å². The van der Waals surface area contributed by atoms with Gasteiger partial charge in [0.25, 0.3) is 0 Å². The Hall–Kier alpha value is -2.71. The molecular weight excluding hydrogens is 462 g/mol. The second-order valence-corrected chi connectivity index (χ2v) is 11.7. The SMILES string of the molecule is Cc1ccc(S(=O)(=O)N2CCC(C(=O)N3CCC(C(=O)N[C@@H](C)c4ccccc4)CC3)CC2)cc1. The first-order chi connectivity index (χ1) is 16.8. The van der Waals surface area contributed by atoms with Crippen molar-refractivity contribution < 1.29 is 18.0 Å². The van der Waals surface area contributed by atoms with Crippen LogP contribution in [0.4, 0.5) is 0 Å². The van der Waals surface area contributed by atoms with E-state index in [1.165, 1.54) is 4.31 Å². The summed E-state index contributed by atoms with van der Waals surface area (Å²) in [7, 11) is -3.54. The molecule has 35 heavy (non-hydrogen) atoms. The van der Waals surface area contributed by atoms with E-state index in [1.54, 1.807) is 24.3 Å². The quantitative estimate of drug-likeness (QED) is 0.662. The Morgan fingerprint density at radius 1 is 0.857 bits per heavy atom. The number of amides is 2. The minimum Gasteiger partial charge on any atom is -0.349 e. The molecule has 2 aromatic carbocycles.